The number of carbonyl (C=O) groups excluding carboxylic acids is 2. The van der Waals surface area contributed by atoms with Gasteiger partial charge in [-0.3, -0.25) is 9.59 Å². The molecule has 1 atom stereocenters. The lowest BCUT2D eigenvalue weighted by atomic mass is 9.98. The van der Waals surface area contributed by atoms with Crippen LogP contribution in [0.3, 0.4) is 0 Å². The summed E-state index contributed by atoms with van der Waals surface area (Å²) in [5, 5.41) is 3.43. The maximum Gasteiger partial charge on any atom is 0.217 e. The van der Waals surface area contributed by atoms with Crippen LogP contribution in [0.5, 0.6) is 0 Å². The molecule has 1 amide bonds. The third-order valence-electron chi connectivity index (χ3n) is 3.21. The van der Waals surface area contributed by atoms with Crippen LogP contribution in [0, 0.1) is 0 Å². The lowest BCUT2D eigenvalue weighted by Gasteiger charge is -2.18. The number of Topliss-reactive ketones (excluding diaryl/α,β-unsaturated/α-hetero) is 1. The molecule has 5 heteroatoms. The Bertz CT molecular complexity index is 668. The van der Waals surface area contributed by atoms with E-state index in [1.54, 1.807) is 24.3 Å². The molecule has 0 aliphatic heterocycles. The topological polar surface area (TPSA) is 46.2 Å². The van der Waals surface area contributed by atoms with Crippen molar-refractivity contribution < 1.29 is 9.59 Å². The fourth-order valence-corrected chi connectivity index (χ4v) is 2.52. The van der Waals surface area contributed by atoms with Crippen molar-refractivity contribution in [3.63, 3.8) is 0 Å². The van der Waals surface area contributed by atoms with Gasteiger partial charge in [0.1, 0.15) is 0 Å². The second kappa shape index (κ2) is 7.56. The minimum atomic E-state index is -0.370. The average Bonchev–Trinajstić information content (AvgIpc) is 2.47. The first-order valence-electron chi connectivity index (χ1n) is 6.77. The van der Waals surface area contributed by atoms with Crippen molar-refractivity contribution in [2.24, 2.45) is 0 Å². The van der Waals surface area contributed by atoms with Crippen LogP contribution in [0.2, 0.25) is 5.02 Å². The molecule has 0 heterocycles. The fraction of sp³-hybridized carbons (Fsp3) is 0.176. The summed E-state index contributed by atoms with van der Waals surface area (Å²) in [6.07, 6.45) is 0.197. The number of hydrogen-bond donors (Lipinski definition) is 1. The highest BCUT2D eigenvalue weighted by Crippen LogP contribution is 2.22. The molecule has 3 nitrogen and oxygen atoms in total. The van der Waals surface area contributed by atoms with Crippen LogP contribution < -0.4 is 5.32 Å². The SMILES string of the molecule is CC(=O)NC(CC(=O)c1ccc(Br)cc1)c1ccc(Cl)cc1. The van der Waals surface area contributed by atoms with E-state index in [1.807, 2.05) is 24.3 Å². The van der Waals surface area contributed by atoms with E-state index in [0.717, 1.165) is 10.0 Å². The third kappa shape index (κ3) is 4.68. The molecule has 0 radical (unpaired) electrons. The van der Waals surface area contributed by atoms with E-state index in [4.69, 9.17) is 11.6 Å². The van der Waals surface area contributed by atoms with E-state index in [0.29, 0.717) is 10.6 Å². The Labute approximate surface area is 142 Å². The lowest BCUT2D eigenvalue weighted by molar-refractivity contribution is -0.119. The van der Waals surface area contributed by atoms with Crippen molar-refractivity contribution in [2.45, 2.75) is 19.4 Å². The summed E-state index contributed by atoms with van der Waals surface area (Å²) in [7, 11) is 0. The van der Waals surface area contributed by atoms with E-state index in [-0.39, 0.29) is 24.2 Å². The Kier molecular flexibility index (Phi) is 5.75. The molecular formula is C17H15BrClNO2. The Hall–Kier alpha value is -1.65. The molecule has 2 rings (SSSR count). The van der Waals surface area contributed by atoms with Gasteiger partial charge >= 0.3 is 0 Å². The average molecular weight is 381 g/mol. The predicted molar refractivity (Wildman–Crippen MR) is 91.1 cm³/mol. The van der Waals surface area contributed by atoms with Gasteiger partial charge in [0.25, 0.3) is 0 Å². The number of hydrogen-bond acceptors (Lipinski definition) is 2. The maximum absolute atomic E-state index is 12.4. The molecule has 1 unspecified atom stereocenters. The van der Waals surface area contributed by atoms with E-state index in [9.17, 15) is 9.59 Å². The van der Waals surface area contributed by atoms with Gasteiger partial charge in [-0.1, -0.05) is 51.8 Å². The van der Waals surface area contributed by atoms with Crippen LogP contribution in [0.1, 0.15) is 35.3 Å². The van der Waals surface area contributed by atoms with Crippen LogP contribution >= 0.6 is 27.5 Å². The van der Waals surface area contributed by atoms with Gasteiger partial charge in [0.2, 0.25) is 5.91 Å². The largest absolute Gasteiger partial charge is 0.349 e. The van der Waals surface area contributed by atoms with Crippen molar-refractivity contribution in [3.05, 3.63) is 69.2 Å². The highest BCUT2D eigenvalue weighted by Gasteiger charge is 2.18. The van der Waals surface area contributed by atoms with E-state index in [2.05, 4.69) is 21.2 Å². The molecule has 22 heavy (non-hydrogen) atoms. The van der Waals surface area contributed by atoms with Crippen molar-refractivity contribution in [2.75, 3.05) is 0 Å². The second-order valence-corrected chi connectivity index (χ2v) is 6.29. The highest BCUT2D eigenvalue weighted by molar-refractivity contribution is 9.10. The van der Waals surface area contributed by atoms with Gasteiger partial charge in [0.15, 0.2) is 5.78 Å². The summed E-state index contributed by atoms with van der Waals surface area (Å²) in [5.41, 5.74) is 1.47. The molecule has 0 spiro atoms. The van der Waals surface area contributed by atoms with Crippen LogP contribution in [0.15, 0.2) is 53.0 Å². The standard InChI is InChI=1S/C17H15BrClNO2/c1-11(21)20-16(12-4-8-15(19)9-5-12)10-17(22)13-2-6-14(18)7-3-13/h2-9,16H,10H2,1H3,(H,20,21). The van der Waals surface area contributed by atoms with Crippen molar-refractivity contribution >= 4 is 39.2 Å². The van der Waals surface area contributed by atoms with Gasteiger partial charge in [0.05, 0.1) is 6.04 Å². The molecular weight excluding hydrogens is 366 g/mol. The highest BCUT2D eigenvalue weighted by atomic mass is 79.9. The van der Waals surface area contributed by atoms with E-state index in [1.165, 1.54) is 6.92 Å². The Balaban J connectivity index is 2.19. The molecule has 0 saturated carbocycles. The fourth-order valence-electron chi connectivity index (χ4n) is 2.13. The summed E-state index contributed by atoms with van der Waals surface area (Å²) in [5.74, 6) is -0.204. The summed E-state index contributed by atoms with van der Waals surface area (Å²) in [6, 6.07) is 13.9. The zero-order valence-electron chi connectivity index (χ0n) is 12.0. The molecule has 2 aromatic carbocycles. The zero-order valence-corrected chi connectivity index (χ0v) is 14.3. The van der Waals surface area contributed by atoms with Crippen molar-refractivity contribution in [1.82, 2.24) is 5.32 Å². The summed E-state index contributed by atoms with van der Waals surface area (Å²) in [6.45, 7) is 1.44. The zero-order chi connectivity index (χ0) is 16.1. The molecule has 0 aromatic heterocycles. The molecule has 114 valence electrons. The monoisotopic (exact) mass is 379 g/mol. The van der Waals surface area contributed by atoms with Crippen LogP contribution in [-0.4, -0.2) is 11.7 Å². The molecule has 2 aromatic rings. The first-order valence-corrected chi connectivity index (χ1v) is 7.94. The number of amides is 1. The first-order chi connectivity index (χ1) is 10.5. The number of rotatable bonds is 5. The van der Waals surface area contributed by atoms with Crippen LogP contribution in [-0.2, 0) is 4.79 Å². The van der Waals surface area contributed by atoms with Gasteiger partial charge in [-0.25, -0.2) is 0 Å². The maximum atomic E-state index is 12.4. The molecule has 0 saturated heterocycles. The third-order valence-corrected chi connectivity index (χ3v) is 3.99. The lowest BCUT2D eigenvalue weighted by Crippen LogP contribution is -2.28. The molecule has 1 N–H and O–H groups in total. The predicted octanol–water partition coefficient (Wildman–Crippen LogP) is 4.55. The van der Waals surface area contributed by atoms with Crippen molar-refractivity contribution in [3.8, 4) is 0 Å². The Morgan fingerprint density at radius 2 is 1.68 bits per heavy atom. The first kappa shape index (κ1) is 16.7. The minimum Gasteiger partial charge on any atom is -0.349 e. The van der Waals surface area contributed by atoms with Gasteiger partial charge in [-0.15, -0.1) is 0 Å². The summed E-state index contributed by atoms with van der Waals surface area (Å²) < 4.78 is 0.917. The summed E-state index contributed by atoms with van der Waals surface area (Å²) in [4.78, 5) is 23.8. The number of nitrogens with one attached hydrogen (secondary N) is 1. The molecule has 0 bridgehead atoms. The van der Waals surface area contributed by atoms with E-state index >= 15 is 0 Å². The van der Waals surface area contributed by atoms with Gasteiger partial charge < -0.3 is 5.32 Å². The number of halogens is 2. The molecule has 0 aliphatic rings. The number of carbonyl (C=O) groups is 2. The van der Waals surface area contributed by atoms with Gasteiger partial charge in [0, 0.05) is 28.4 Å². The van der Waals surface area contributed by atoms with Crippen molar-refractivity contribution in [1.29, 1.82) is 0 Å². The van der Waals surface area contributed by atoms with Gasteiger partial charge in [-0.05, 0) is 29.8 Å². The quantitative estimate of drug-likeness (QED) is 0.773. The number of ketones is 1. The second-order valence-electron chi connectivity index (χ2n) is 4.94. The normalized spacial score (nSPS) is 11.8. The summed E-state index contributed by atoms with van der Waals surface area (Å²) >= 11 is 9.22. The van der Waals surface area contributed by atoms with E-state index < -0.39 is 0 Å². The Morgan fingerprint density at radius 1 is 1.09 bits per heavy atom. The number of benzene rings is 2. The smallest absolute Gasteiger partial charge is 0.217 e. The minimum absolute atomic E-state index is 0.0267. The molecule has 0 aliphatic carbocycles. The van der Waals surface area contributed by atoms with Crippen LogP contribution in [0.4, 0.5) is 0 Å². The molecule has 0 fully saturated rings. The van der Waals surface area contributed by atoms with Gasteiger partial charge in [-0.2, -0.15) is 0 Å². The Morgan fingerprint density at radius 3 is 2.23 bits per heavy atom. The van der Waals surface area contributed by atoms with Crippen LogP contribution in [0.25, 0.3) is 0 Å².